The highest BCUT2D eigenvalue weighted by atomic mass is 35.5. The van der Waals surface area contributed by atoms with Gasteiger partial charge in [0.1, 0.15) is 17.1 Å². The number of ether oxygens (including phenoxy) is 1. The summed E-state index contributed by atoms with van der Waals surface area (Å²) in [6.07, 6.45) is 0.965. The normalized spacial score (nSPS) is 18.2. The van der Waals surface area contributed by atoms with Crippen molar-refractivity contribution in [3.05, 3.63) is 45.5 Å². The lowest BCUT2D eigenvalue weighted by atomic mass is 9.92. The molecule has 4 nitrogen and oxygen atoms in total. The predicted octanol–water partition coefficient (Wildman–Crippen LogP) is 5.01. The monoisotopic (exact) mass is 400 g/mol. The summed E-state index contributed by atoms with van der Waals surface area (Å²) in [5.41, 5.74) is 7.59. The lowest BCUT2D eigenvalue weighted by Gasteiger charge is -2.39. The molecule has 150 valence electrons. The molecule has 0 aromatic heterocycles. The average Bonchev–Trinajstić information content (AvgIpc) is 2.99. The highest BCUT2D eigenvalue weighted by molar-refractivity contribution is 6.32. The number of nitrogens with zero attached hydrogens (tertiary/aromatic N) is 2. The van der Waals surface area contributed by atoms with Crippen molar-refractivity contribution in [2.24, 2.45) is 0 Å². The molecule has 28 heavy (non-hydrogen) atoms. The van der Waals surface area contributed by atoms with Gasteiger partial charge >= 0.3 is 0 Å². The molecule has 0 spiro atoms. The Hall–Kier alpha value is -2.07. The van der Waals surface area contributed by atoms with Crippen molar-refractivity contribution in [2.75, 3.05) is 36.0 Å². The van der Waals surface area contributed by atoms with Crippen molar-refractivity contribution in [1.82, 2.24) is 0 Å². The van der Waals surface area contributed by atoms with E-state index in [-0.39, 0.29) is 11.4 Å². The van der Waals surface area contributed by atoms with Gasteiger partial charge in [0.25, 0.3) is 0 Å². The summed E-state index contributed by atoms with van der Waals surface area (Å²) in [4.78, 5) is 4.82. The van der Waals surface area contributed by atoms with Crippen molar-refractivity contribution in [3.8, 4) is 11.5 Å². The van der Waals surface area contributed by atoms with Crippen LogP contribution >= 0.6 is 11.6 Å². The van der Waals surface area contributed by atoms with Crippen LogP contribution in [0, 0.1) is 20.8 Å². The zero-order valence-electron chi connectivity index (χ0n) is 17.4. The summed E-state index contributed by atoms with van der Waals surface area (Å²) in [7, 11) is 0. The number of phenols is 1. The standard InChI is InChI=1S/C23H29ClN2O2/c1-14-15(2)22-18(13-23(4,5)28-22)16(3)21(14)26-10-8-25(9-11-26)17-6-7-19(24)20(27)12-17/h6-7,12,27H,8-11,13H2,1-5H3. The van der Waals surface area contributed by atoms with Gasteiger partial charge in [0.05, 0.1) is 5.02 Å². The Kier molecular flexibility index (Phi) is 4.65. The van der Waals surface area contributed by atoms with Crippen LogP contribution in [0.4, 0.5) is 11.4 Å². The molecule has 1 N–H and O–H groups in total. The van der Waals surface area contributed by atoms with Gasteiger partial charge in [-0.3, -0.25) is 0 Å². The third kappa shape index (κ3) is 3.18. The first-order valence-corrected chi connectivity index (χ1v) is 10.4. The molecule has 2 aromatic carbocycles. The van der Waals surface area contributed by atoms with Gasteiger partial charge in [-0.15, -0.1) is 0 Å². The summed E-state index contributed by atoms with van der Waals surface area (Å²) in [6.45, 7) is 14.7. The van der Waals surface area contributed by atoms with Crippen LogP contribution in [0.3, 0.4) is 0 Å². The van der Waals surface area contributed by atoms with E-state index in [1.807, 2.05) is 6.07 Å². The Labute approximate surface area is 172 Å². The van der Waals surface area contributed by atoms with Crippen LogP contribution in [-0.4, -0.2) is 36.9 Å². The van der Waals surface area contributed by atoms with Crippen molar-refractivity contribution in [3.63, 3.8) is 0 Å². The molecular formula is C23H29ClN2O2. The van der Waals surface area contributed by atoms with Gasteiger partial charge in [-0.2, -0.15) is 0 Å². The largest absolute Gasteiger partial charge is 0.506 e. The number of rotatable bonds is 2. The lowest BCUT2D eigenvalue weighted by Crippen LogP contribution is -2.47. The van der Waals surface area contributed by atoms with Crippen molar-refractivity contribution >= 4 is 23.0 Å². The molecule has 2 aliphatic heterocycles. The van der Waals surface area contributed by atoms with Gasteiger partial charge in [0.2, 0.25) is 0 Å². The minimum atomic E-state index is -0.127. The van der Waals surface area contributed by atoms with Crippen LogP contribution in [0.25, 0.3) is 0 Å². The van der Waals surface area contributed by atoms with Gasteiger partial charge in [-0.05, 0) is 63.4 Å². The molecule has 0 radical (unpaired) electrons. The summed E-state index contributed by atoms with van der Waals surface area (Å²) >= 11 is 5.95. The lowest BCUT2D eigenvalue weighted by molar-refractivity contribution is 0.137. The topological polar surface area (TPSA) is 35.9 Å². The molecule has 0 amide bonds. The zero-order valence-corrected chi connectivity index (χ0v) is 18.2. The van der Waals surface area contributed by atoms with Crippen molar-refractivity contribution in [1.29, 1.82) is 0 Å². The van der Waals surface area contributed by atoms with Crippen LogP contribution in [-0.2, 0) is 6.42 Å². The van der Waals surface area contributed by atoms with E-state index in [1.165, 1.54) is 27.9 Å². The highest BCUT2D eigenvalue weighted by Gasteiger charge is 2.35. The fourth-order valence-electron chi connectivity index (χ4n) is 4.62. The molecule has 2 aromatic rings. The number of hydrogen-bond donors (Lipinski definition) is 1. The molecule has 1 saturated heterocycles. The first-order chi connectivity index (χ1) is 13.2. The third-order valence-electron chi connectivity index (χ3n) is 6.21. The van der Waals surface area contributed by atoms with E-state index >= 15 is 0 Å². The fourth-order valence-corrected chi connectivity index (χ4v) is 4.74. The first kappa shape index (κ1) is 19.3. The predicted molar refractivity (Wildman–Crippen MR) is 117 cm³/mol. The molecule has 4 rings (SSSR count). The molecule has 0 unspecified atom stereocenters. The number of benzene rings is 2. The van der Waals surface area contributed by atoms with Gasteiger partial charge in [-0.25, -0.2) is 0 Å². The Morgan fingerprint density at radius 2 is 1.61 bits per heavy atom. The first-order valence-electron chi connectivity index (χ1n) is 9.98. The third-order valence-corrected chi connectivity index (χ3v) is 6.53. The summed E-state index contributed by atoms with van der Waals surface area (Å²) in [5, 5.41) is 10.3. The molecule has 0 bridgehead atoms. The van der Waals surface area contributed by atoms with E-state index < -0.39 is 0 Å². The molecule has 0 aliphatic carbocycles. The minimum Gasteiger partial charge on any atom is -0.506 e. The van der Waals surface area contributed by atoms with E-state index in [4.69, 9.17) is 16.3 Å². The summed E-state index contributed by atoms with van der Waals surface area (Å²) in [5.74, 6) is 1.24. The number of piperazine rings is 1. The van der Waals surface area contributed by atoms with E-state index in [0.717, 1.165) is 44.0 Å². The maximum absolute atomic E-state index is 9.92. The summed E-state index contributed by atoms with van der Waals surface area (Å²) in [6, 6.07) is 5.50. The molecule has 1 fully saturated rings. The second kappa shape index (κ2) is 6.77. The molecule has 0 saturated carbocycles. The molecule has 2 heterocycles. The second-order valence-corrected chi connectivity index (χ2v) is 9.09. The fraction of sp³-hybridized carbons (Fsp3) is 0.478. The van der Waals surface area contributed by atoms with Crippen LogP contribution in [0.5, 0.6) is 11.5 Å². The zero-order chi connectivity index (χ0) is 20.2. The van der Waals surface area contributed by atoms with Crippen LogP contribution in [0.15, 0.2) is 18.2 Å². The van der Waals surface area contributed by atoms with Crippen LogP contribution < -0.4 is 14.5 Å². The Bertz CT molecular complexity index is 931. The molecule has 2 aliphatic rings. The molecule has 0 atom stereocenters. The number of halogens is 1. The average molecular weight is 401 g/mol. The number of fused-ring (bicyclic) bond motifs is 1. The highest BCUT2D eigenvalue weighted by Crippen LogP contribution is 2.45. The Morgan fingerprint density at radius 3 is 2.25 bits per heavy atom. The van der Waals surface area contributed by atoms with Gasteiger partial charge in [-0.1, -0.05) is 11.6 Å². The number of anilines is 2. The summed E-state index contributed by atoms with van der Waals surface area (Å²) < 4.78 is 6.26. The minimum absolute atomic E-state index is 0.127. The second-order valence-electron chi connectivity index (χ2n) is 8.68. The van der Waals surface area contributed by atoms with Crippen molar-refractivity contribution in [2.45, 2.75) is 46.6 Å². The maximum atomic E-state index is 9.92. The number of aromatic hydroxyl groups is 1. The quantitative estimate of drug-likeness (QED) is 0.768. The Morgan fingerprint density at radius 1 is 0.964 bits per heavy atom. The van der Waals surface area contributed by atoms with E-state index in [9.17, 15) is 5.11 Å². The number of phenolic OH excluding ortho intramolecular Hbond substituents is 1. The maximum Gasteiger partial charge on any atom is 0.136 e. The van der Waals surface area contributed by atoms with Crippen LogP contribution in [0.1, 0.15) is 36.1 Å². The Balaban J connectivity index is 1.59. The smallest absolute Gasteiger partial charge is 0.136 e. The van der Waals surface area contributed by atoms with E-state index in [2.05, 4.69) is 44.4 Å². The molecular weight excluding hydrogens is 372 g/mol. The molecule has 5 heteroatoms. The van der Waals surface area contributed by atoms with Gasteiger partial charge in [0, 0.05) is 55.6 Å². The number of hydrogen-bond acceptors (Lipinski definition) is 4. The van der Waals surface area contributed by atoms with Gasteiger partial charge < -0.3 is 19.6 Å². The van der Waals surface area contributed by atoms with Gasteiger partial charge in [0.15, 0.2) is 0 Å². The van der Waals surface area contributed by atoms with Crippen LogP contribution in [0.2, 0.25) is 5.02 Å². The SMILES string of the molecule is Cc1c(C)c(N2CCN(c3ccc(Cl)c(O)c3)CC2)c(C)c2c1OC(C)(C)C2. The van der Waals surface area contributed by atoms with Crippen molar-refractivity contribution < 1.29 is 9.84 Å². The van der Waals surface area contributed by atoms with E-state index in [1.54, 1.807) is 12.1 Å². The van der Waals surface area contributed by atoms with E-state index in [0.29, 0.717) is 5.02 Å².